The van der Waals surface area contributed by atoms with Gasteiger partial charge in [0.25, 0.3) is 0 Å². The normalized spacial score (nSPS) is 22.9. The van der Waals surface area contributed by atoms with Crippen LogP contribution in [0.25, 0.3) is 5.57 Å². The lowest BCUT2D eigenvalue weighted by Crippen LogP contribution is -2.36. The summed E-state index contributed by atoms with van der Waals surface area (Å²) < 4.78 is 0. The van der Waals surface area contributed by atoms with Gasteiger partial charge in [0.15, 0.2) is 0 Å². The summed E-state index contributed by atoms with van der Waals surface area (Å²) in [6, 6.07) is 18.3. The summed E-state index contributed by atoms with van der Waals surface area (Å²) in [5, 5.41) is 0.780. The minimum absolute atomic E-state index is 0.108. The molecule has 24 heavy (non-hydrogen) atoms. The van der Waals surface area contributed by atoms with Gasteiger partial charge in [0.1, 0.15) is 0 Å². The Morgan fingerprint density at radius 2 is 1.79 bits per heavy atom. The van der Waals surface area contributed by atoms with Gasteiger partial charge in [-0.25, -0.2) is 0 Å². The van der Waals surface area contributed by atoms with Crippen LogP contribution in [0.1, 0.15) is 29.9 Å². The van der Waals surface area contributed by atoms with E-state index in [0.717, 1.165) is 36.5 Å². The van der Waals surface area contributed by atoms with E-state index in [9.17, 15) is 4.79 Å². The molecule has 122 valence electrons. The number of hydrogen-bond acceptors (Lipinski definition) is 1. The zero-order valence-electron chi connectivity index (χ0n) is 13.5. The first-order valence-corrected chi connectivity index (χ1v) is 8.89. The van der Waals surface area contributed by atoms with Crippen molar-refractivity contribution in [3.05, 3.63) is 76.8 Å². The molecule has 0 saturated heterocycles. The summed E-state index contributed by atoms with van der Waals surface area (Å²) >= 11 is 6.27. The number of amides is 1. The first kappa shape index (κ1) is 15.5. The fraction of sp³-hybridized carbons (Fsp3) is 0.286. The first-order chi connectivity index (χ1) is 11.7. The standard InChI is InChI=1S/C21H20ClNO/c22-20-9-5-4-8-17(20)18-14-19(18)21(24)23-12-10-16(11-13-23)15-6-2-1-3-7-15/h1-10,18-19H,11-14H2. The molecule has 2 aromatic rings. The molecular formula is C21H20ClNO. The molecule has 3 heteroatoms. The SMILES string of the molecule is O=C(C1CC1c1ccccc1Cl)N1CC=C(c2ccccc2)CC1. The number of carbonyl (C=O) groups excluding carboxylic acids is 1. The third-order valence-electron chi connectivity index (χ3n) is 5.08. The van der Waals surface area contributed by atoms with Crippen molar-refractivity contribution < 1.29 is 4.79 Å². The summed E-state index contributed by atoms with van der Waals surface area (Å²) in [6.07, 6.45) is 4.05. The van der Waals surface area contributed by atoms with E-state index in [4.69, 9.17) is 11.6 Å². The van der Waals surface area contributed by atoms with Crippen LogP contribution in [0.2, 0.25) is 5.02 Å². The fourth-order valence-electron chi connectivity index (χ4n) is 3.61. The zero-order chi connectivity index (χ0) is 16.5. The molecular weight excluding hydrogens is 318 g/mol. The maximum Gasteiger partial charge on any atom is 0.226 e. The number of carbonyl (C=O) groups is 1. The molecule has 2 aromatic carbocycles. The van der Waals surface area contributed by atoms with E-state index in [1.165, 1.54) is 11.1 Å². The van der Waals surface area contributed by atoms with E-state index < -0.39 is 0 Å². The minimum atomic E-state index is 0.108. The molecule has 0 aromatic heterocycles. The highest BCUT2D eigenvalue weighted by Gasteiger charge is 2.46. The molecule has 2 nitrogen and oxygen atoms in total. The molecule has 2 aliphatic rings. The average molecular weight is 338 g/mol. The Balaban J connectivity index is 1.41. The maximum absolute atomic E-state index is 12.8. The highest BCUT2D eigenvalue weighted by Crippen LogP contribution is 2.50. The lowest BCUT2D eigenvalue weighted by atomic mass is 9.99. The largest absolute Gasteiger partial charge is 0.338 e. The van der Waals surface area contributed by atoms with Crippen LogP contribution in [-0.2, 0) is 4.79 Å². The molecule has 0 radical (unpaired) electrons. The second-order valence-corrected chi connectivity index (χ2v) is 7.01. The van der Waals surface area contributed by atoms with Gasteiger partial charge in [-0.2, -0.15) is 0 Å². The van der Waals surface area contributed by atoms with Gasteiger partial charge in [-0.1, -0.05) is 66.2 Å². The van der Waals surface area contributed by atoms with Crippen LogP contribution in [-0.4, -0.2) is 23.9 Å². The van der Waals surface area contributed by atoms with Gasteiger partial charge in [-0.15, -0.1) is 0 Å². The molecule has 2 atom stereocenters. The van der Waals surface area contributed by atoms with Crippen LogP contribution < -0.4 is 0 Å². The molecule has 1 saturated carbocycles. The molecule has 4 rings (SSSR count). The number of benzene rings is 2. The second kappa shape index (κ2) is 6.45. The topological polar surface area (TPSA) is 20.3 Å². The van der Waals surface area contributed by atoms with E-state index in [2.05, 4.69) is 30.3 Å². The Kier molecular flexibility index (Phi) is 4.15. The molecule has 1 aliphatic carbocycles. The molecule has 1 fully saturated rings. The first-order valence-electron chi connectivity index (χ1n) is 8.51. The van der Waals surface area contributed by atoms with Gasteiger partial charge >= 0.3 is 0 Å². The molecule has 0 N–H and O–H groups in total. The third kappa shape index (κ3) is 2.99. The Hall–Kier alpha value is -2.06. The summed E-state index contributed by atoms with van der Waals surface area (Å²) in [5.74, 6) is 0.686. The van der Waals surface area contributed by atoms with Crippen molar-refractivity contribution in [1.29, 1.82) is 0 Å². The second-order valence-electron chi connectivity index (χ2n) is 6.60. The Bertz CT molecular complexity index is 783. The van der Waals surface area contributed by atoms with E-state index >= 15 is 0 Å². The van der Waals surface area contributed by atoms with Crippen LogP contribution in [0.4, 0.5) is 0 Å². The molecule has 0 bridgehead atoms. The van der Waals surface area contributed by atoms with Crippen LogP contribution in [0.3, 0.4) is 0 Å². The number of nitrogens with zero attached hydrogens (tertiary/aromatic N) is 1. The average Bonchev–Trinajstić information content (AvgIpc) is 3.43. The van der Waals surface area contributed by atoms with Crippen molar-refractivity contribution in [2.45, 2.75) is 18.8 Å². The van der Waals surface area contributed by atoms with E-state index in [0.29, 0.717) is 5.92 Å². The number of rotatable bonds is 3. The van der Waals surface area contributed by atoms with Gasteiger partial charge in [-0.3, -0.25) is 4.79 Å². The Morgan fingerprint density at radius 3 is 2.50 bits per heavy atom. The number of hydrogen-bond donors (Lipinski definition) is 0. The van der Waals surface area contributed by atoms with Gasteiger partial charge < -0.3 is 4.90 Å². The van der Waals surface area contributed by atoms with Crippen molar-refractivity contribution in [3.63, 3.8) is 0 Å². The maximum atomic E-state index is 12.8. The minimum Gasteiger partial charge on any atom is -0.338 e. The molecule has 1 aliphatic heterocycles. The van der Waals surface area contributed by atoms with E-state index in [-0.39, 0.29) is 11.8 Å². The van der Waals surface area contributed by atoms with Gasteiger partial charge in [-0.05, 0) is 41.5 Å². The number of halogens is 1. The van der Waals surface area contributed by atoms with Gasteiger partial charge in [0.2, 0.25) is 5.91 Å². The summed E-state index contributed by atoms with van der Waals surface area (Å²) in [4.78, 5) is 14.7. The molecule has 0 spiro atoms. The summed E-state index contributed by atoms with van der Waals surface area (Å²) in [7, 11) is 0. The van der Waals surface area contributed by atoms with E-state index in [1.54, 1.807) is 0 Å². The van der Waals surface area contributed by atoms with Crippen LogP contribution >= 0.6 is 11.6 Å². The van der Waals surface area contributed by atoms with Crippen LogP contribution in [0.5, 0.6) is 0 Å². The van der Waals surface area contributed by atoms with Gasteiger partial charge in [0, 0.05) is 24.0 Å². The van der Waals surface area contributed by atoms with Gasteiger partial charge in [0.05, 0.1) is 0 Å². The third-order valence-corrected chi connectivity index (χ3v) is 5.42. The molecule has 1 amide bonds. The van der Waals surface area contributed by atoms with Crippen molar-refractivity contribution in [3.8, 4) is 0 Å². The zero-order valence-corrected chi connectivity index (χ0v) is 14.2. The monoisotopic (exact) mass is 337 g/mol. The van der Waals surface area contributed by atoms with Crippen molar-refractivity contribution in [2.24, 2.45) is 5.92 Å². The van der Waals surface area contributed by atoms with Crippen molar-refractivity contribution in [1.82, 2.24) is 4.90 Å². The molecule has 2 unspecified atom stereocenters. The predicted molar refractivity (Wildman–Crippen MR) is 97.9 cm³/mol. The summed E-state index contributed by atoms with van der Waals surface area (Å²) in [6.45, 7) is 1.53. The smallest absolute Gasteiger partial charge is 0.226 e. The quantitative estimate of drug-likeness (QED) is 0.790. The highest BCUT2D eigenvalue weighted by atomic mass is 35.5. The lowest BCUT2D eigenvalue weighted by Gasteiger charge is -2.27. The highest BCUT2D eigenvalue weighted by molar-refractivity contribution is 6.31. The Morgan fingerprint density at radius 1 is 1.04 bits per heavy atom. The van der Waals surface area contributed by atoms with Crippen molar-refractivity contribution in [2.75, 3.05) is 13.1 Å². The lowest BCUT2D eigenvalue weighted by molar-refractivity contribution is -0.132. The van der Waals surface area contributed by atoms with Crippen LogP contribution in [0.15, 0.2) is 60.7 Å². The fourth-order valence-corrected chi connectivity index (χ4v) is 3.88. The molecule has 1 heterocycles. The summed E-state index contributed by atoms with van der Waals surface area (Å²) in [5.41, 5.74) is 3.73. The van der Waals surface area contributed by atoms with Crippen LogP contribution in [0, 0.1) is 5.92 Å². The van der Waals surface area contributed by atoms with Crippen molar-refractivity contribution >= 4 is 23.1 Å². The van der Waals surface area contributed by atoms with E-state index in [1.807, 2.05) is 35.2 Å². The Labute approximate surface area is 147 Å². The predicted octanol–water partition coefficient (Wildman–Crippen LogP) is 4.76.